The SMILES string of the molecule is CC1CCN/C=C\CC2CC1C2. The summed E-state index contributed by atoms with van der Waals surface area (Å²) in [6.07, 6.45) is 10.1. The van der Waals surface area contributed by atoms with E-state index in [1.54, 1.807) is 0 Å². The Hall–Kier alpha value is -0.460. The maximum Gasteiger partial charge on any atom is 0.0144 e. The highest BCUT2D eigenvalue weighted by Gasteiger charge is 2.31. The summed E-state index contributed by atoms with van der Waals surface area (Å²) in [5.41, 5.74) is 0. The molecule has 0 aromatic rings. The van der Waals surface area contributed by atoms with E-state index in [9.17, 15) is 0 Å². The molecule has 1 nitrogen and oxygen atoms in total. The molecule has 2 heterocycles. The molecule has 1 atom stereocenters. The number of hydrogen-bond acceptors (Lipinski definition) is 1. The van der Waals surface area contributed by atoms with Gasteiger partial charge in [-0.3, -0.25) is 0 Å². The number of nitrogens with one attached hydrogen (secondary N) is 1. The first-order chi connectivity index (χ1) is 5.86. The Morgan fingerprint density at radius 3 is 3.00 bits per heavy atom. The maximum atomic E-state index is 3.35. The molecule has 12 heavy (non-hydrogen) atoms. The minimum absolute atomic E-state index is 0.945. The van der Waals surface area contributed by atoms with Gasteiger partial charge in [-0.15, -0.1) is 0 Å². The smallest absolute Gasteiger partial charge is 0.0144 e. The van der Waals surface area contributed by atoms with Gasteiger partial charge in [0.25, 0.3) is 0 Å². The van der Waals surface area contributed by atoms with Gasteiger partial charge in [0, 0.05) is 6.54 Å². The van der Waals surface area contributed by atoms with Crippen molar-refractivity contribution in [2.24, 2.45) is 17.8 Å². The summed E-state index contributed by atoms with van der Waals surface area (Å²) in [7, 11) is 0. The van der Waals surface area contributed by atoms with Crippen LogP contribution < -0.4 is 5.32 Å². The summed E-state index contributed by atoms with van der Waals surface area (Å²) in [5, 5.41) is 3.35. The molecule has 0 spiro atoms. The highest BCUT2D eigenvalue weighted by atomic mass is 14.8. The van der Waals surface area contributed by atoms with Gasteiger partial charge < -0.3 is 5.32 Å². The third-order valence-electron chi connectivity index (χ3n) is 3.53. The summed E-state index contributed by atoms with van der Waals surface area (Å²) in [6, 6.07) is 0. The maximum absolute atomic E-state index is 3.35. The zero-order valence-electron chi connectivity index (χ0n) is 7.92. The Morgan fingerprint density at radius 1 is 1.33 bits per heavy atom. The lowest BCUT2D eigenvalue weighted by molar-refractivity contribution is 0.128. The predicted octanol–water partition coefficient (Wildman–Crippen LogP) is 2.55. The lowest BCUT2D eigenvalue weighted by atomic mass is 9.67. The number of allylic oxidation sites excluding steroid dienone is 1. The Kier molecular flexibility index (Phi) is 2.38. The first-order valence-electron chi connectivity index (χ1n) is 5.24. The second-order valence-electron chi connectivity index (χ2n) is 4.46. The molecule has 0 aromatic heterocycles. The second kappa shape index (κ2) is 3.51. The summed E-state index contributed by atoms with van der Waals surface area (Å²) in [5.74, 6) is 3.00. The Labute approximate surface area is 75.2 Å². The van der Waals surface area contributed by atoms with Gasteiger partial charge in [0.1, 0.15) is 0 Å². The minimum atomic E-state index is 0.945. The van der Waals surface area contributed by atoms with Crippen molar-refractivity contribution in [1.82, 2.24) is 5.32 Å². The molecule has 0 saturated heterocycles. The van der Waals surface area contributed by atoms with Crippen LogP contribution in [0.1, 0.15) is 32.6 Å². The zero-order valence-corrected chi connectivity index (χ0v) is 7.92. The molecule has 1 unspecified atom stereocenters. The molecule has 3 aliphatic rings. The molecule has 1 heteroatoms. The van der Waals surface area contributed by atoms with Crippen LogP contribution in [0.15, 0.2) is 12.3 Å². The second-order valence-corrected chi connectivity index (χ2v) is 4.46. The third kappa shape index (κ3) is 1.65. The van der Waals surface area contributed by atoms with Gasteiger partial charge in [-0.25, -0.2) is 0 Å². The first-order valence-corrected chi connectivity index (χ1v) is 5.24. The van der Waals surface area contributed by atoms with Crippen LogP contribution in [0.3, 0.4) is 0 Å². The third-order valence-corrected chi connectivity index (χ3v) is 3.53. The molecule has 0 aromatic carbocycles. The van der Waals surface area contributed by atoms with E-state index in [0.29, 0.717) is 0 Å². The average Bonchev–Trinajstić information content (AvgIpc) is 2.00. The van der Waals surface area contributed by atoms with Crippen LogP contribution in [0.5, 0.6) is 0 Å². The van der Waals surface area contributed by atoms with Crippen molar-refractivity contribution in [3.8, 4) is 0 Å². The average molecular weight is 165 g/mol. The van der Waals surface area contributed by atoms with Crippen LogP contribution >= 0.6 is 0 Å². The minimum Gasteiger partial charge on any atom is -0.391 e. The van der Waals surface area contributed by atoms with E-state index in [2.05, 4.69) is 24.5 Å². The Bertz CT molecular complexity index is 165. The van der Waals surface area contributed by atoms with Gasteiger partial charge in [0.15, 0.2) is 0 Å². The number of fused-ring (bicyclic) bond motifs is 5. The fraction of sp³-hybridized carbons (Fsp3) is 0.818. The summed E-state index contributed by atoms with van der Waals surface area (Å²) >= 11 is 0. The van der Waals surface area contributed by atoms with Crippen molar-refractivity contribution < 1.29 is 0 Å². The van der Waals surface area contributed by atoms with Gasteiger partial charge in [-0.05, 0) is 49.6 Å². The zero-order chi connectivity index (χ0) is 8.39. The highest BCUT2D eigenvalue weighted by molar-refractivity contribution is 4.91. The van der Waals surface area contributed by atoms with Crippen LogP contribution in [-0.2, 0) is 0 Å². The lowest BCUT2D eigenvalue weighted by Gasteiger charge is -2.39. The van der Waals surface area contributed by atoms with E-state index in [0.717, 1.165) is 17.8 Å². The largest absolute Gasteiger partial charge is 0.391 e. The standard InChI is InChI=1S/C11H19N/c1-9-4-6-12-5-2-3-10-7-11(9)8-10/h2,5,9-12H,3-4,6-8H2,1H3/b5-2-. The van der Waals surface area contributed by atoms with E-state index in [-0.39, 0.29) is 0 Å². The number of hydrogen-bond donors (Lipinski definition) is 1. The molecule has 2 aliphatic heterocycles. The van der Waals surface area contributed by atoms with Crippen molar-refractivity contribution in [1.29, 1.82) is 0 Å². The van der Waals surface area contributed by atoms with Crippen molar-refractivity contribution >= 4 is 0 Å². The van der Waals surface area contributed by atoms with Gasteiger partial charge in [-0.2, -0.15) is 0 Å². The molecular formula is C11H19N. The van der Waals surface area contributed by atoms with Crippen LogP contribution in [0.2, 0.25) is 0 Å². The molecule has 1 aliphatic carbocycles. The molecule has 2 bridgehead atoms. The van der Waals surface area contributed by atoms with Gasteiger partial charge in [0.2, 0.25) is 0 Å². The summed E-state index contributed by atoms with van der Waals surface area (Å²) in [6.45, 7) is 3.58. The quantitative estimate of drug-likeness (QED) is 0.581. The fourth-order valence-electron chi connectivity index (χ4n) is 2.42. The first kappa shape index (κ1) is 8.15. The Balaban J connectivity index is 1.91. The normalized spacial score (nSPS) is 43.9. The molecule has 1 fully saturated rings. The predicted molar refractivity (Wildman–Crippen MR) is 51.8 cm³/mol. The van der Waals surface area contributed by atoms with E-state index in [4.69, 9.17) is 0 Å². The fourth-order valence-corrected chi connectivity index (χ4v) is 2.42. The van der Waals surface area contributed by atoms with E-state index < -0.39 is 0 Å². The van der Waals surface area contributed by atoms with E-state index in [1.165, 1.54) is 32.2 Å². The molecule has 68 valence electrons. The van der Waals surface area contributed by atoms with Crippen molar-refractivity contribution in [2.75, 3.05) is 6.54 Å². The van der Waals surface area contributed by atoms with Crippen molar-refractivity contribution in [2.45, 2.75) is 32.6 Å². The monoisotopic (exact) mass is 165 g/mol. The van der Waals surface area contributed by atoms with Crippen LogP contribution in [0.4, 0.5) is 0 Å². The molecule has 0 amide bonds. The van der Waals surface area contributed by atoms with E-state index >= 15 is 0 Å². The van der Waals surface area contributed by atoms with Crippen molar-refractivity contribution in [3.63, 3.8) is 0 Å². The van der Waals surface area contributed by atoms with Gasteiger partial charge in [0.05, 0.1) is 0 Å². The van der Waals surface area contributed by atoms with Gasteiger partial charge in [-0.1, -0.05) is 13.0 Å². The molecular weight excluding hydrogens is 146 g/mol. The van der Waals surface area contributed by atoms with Crippen LogP contribution in [0, 0.1) is 17.8 Å². The Morgan fingerprint density at radius 2 is 2.17 bits per heavy atom. The highest BCUT2D eigenvalue weighted by Crippen LogP contribution is 2.42. The molecule has 1 N–H and O–H groups in total. The van der Waals surface area contributed by atoms with Crippen LogP contribution in [-0.4, -0.2) is 6.54 Å². The molecule has 1 saturated carbocycles. The number of rotatable bonds is 0. The topological polar surface area (TPSA) is 12.0 Å². The summed E-state index contributed by atoms with van der Waals surface area (Å²) < 4.78 is 0. The summed E-state index contributed by atoms with van der Waals surface area (Å²) in [4.78, 5) is 0. The van der Waals surface area contributed by atoms with Crippen LogP contribution in [0.25, 0.3) is 0 Å². The van der Waals surface area contributed by atoms with Crippen molar-refractivity contribution in [3.05, 3.63) is 12.3 Å². The molecule has 3 rings (SSSR count). The lowest BCUT2D eigenvalue weighted by Crippen LogP contribution is -2.30. The molecule has 0 radical (unpaired) electrons. The van der Waals surface area contributed by atoms with E-state index in [1.807, 2.05) is 0 Å². The van der Waals surface area contributed by atoms with Gasteiger partial charge >= 0.3 is 0 Å².